The van der Waals surface area contributed by atoms with Gasteiger partial charge in [0.2, 0.25) is 0 Å². The maximum atomic E-state index is 6.45. The van der Waals surface area contributed by atoms with Crippen LogP contribution in [0.2, 0.25) is 0 Å². The Morgan fingerprint density at radius 3 is 1.87 bits per heavy atom. The van der Waals surface area contributed by atoms with Crippen molar-refractivity contribution in [1.82, 2.24) is 5.32 Å². The fraction of sp³-hybridized carbons (Fsp3) is 0.0417. The third-order valence-corrected chi connectivity index (χ3v) is 10.3. The van der Waals surface area contributed by atoms with Crippen LogP contribution in [0.25, 0.3) is 65.7 Å². The fourth-order valence-electron chi connectivity index (χ4n) is 7.61. The summed E-state index contributed by atoms with van der Waals surface area (Å²) in [5.41, 5.74) is 8.59. The van der Waals surface area contributed by atoms with Crippen LogP contribution in [-0.2, 0) is 5.66 Å². The van der Waals surface area contributed by atoms with Gasteiger partial charge in [-0.1, -0.05) is 152 Å². The molecule has 0 bridgehead atoms. The molecule has 9 aromatic rings. The lowest BCUT2D eigenvalue weighted by Gasteiger charge is -2.33. The number of benzene rings is 8. The average molecular weight is 668 g/mol. The number of aliphatic imine (C=N–C) groups is 2. The second kappa shape index (κ2) is 11.9. The number of rotatable bonds is 5. The Hall–Kier alpha value is -6.78. The fourth-order valence-corrected chi connectivity index (χ4v) is 7.61. The van der Waals surface area contributed by atoms with Gasteiger partial charge in [0.1, 0.15) is 17.0 Å². The summed E-state index contributed by atoms with van der Waals surface area (Å²) in [7, 11) is 0. The highest BCUT2D eigenvalue weighted by Gasteiger charge is 2.33. The third kappa shape index (κ3) is 5.07. The zero-order valence-corrected chi connectivity index (χ0v) is 28.5. The van der Waals surface area contributed by atoms with Gasteiger partial charge in [-0.15, -0.1) is 0 Å². The lowest BCUT2D eigenvalue weighted by atomic mass is 9.95. The Balaban J connectivity index is 1.06. The summed E-state index contributed by atoms with van der Waals surface area (Å²) in [5.74, 6) is 1.44. The van der Waals surface area contributed by atoms with E-state index in [4.69, 9.17) is 14.4 Å². The molecule has 1 unspecified atom stereocenters. The molecule has 0 amide bonds. The predicted octanol–water partition coefficient (Wildman–Crippen LogP) is 11.9. The molecule has 0 aliphatic carbocycles. The van der Waals surface area contributed by atoms with Gasteiger partial charge in [0.25, 0.3) is 0 Å². The Morgan fingerprint density at radius 1 is 0.481 bits per heavy atom. The van der Waals surface area contributed by atoms with Crippen molar-refractivity contribution in [3.05, 3.63) is 193 Å². The Labute approximate surface area is 301 Å². The molecule has 1 aliphatic heterocycles. The maximum Gasteiger partial charge on any atom is 0.159 e. The first-order valence-electron chi connectivity index (χ1n) is 17.7. The van der Waals surface area contributed by atoms with Gasteiger partial charge in [-0.2, -0.15) is 0 Å². The van der Waals surface area contributed by atoms with Crippen LogP contribution in [-0.4, -0.2) is 11.7 Å². The number of hydrogen-bond acceptors (Lipinski definition) is 4. The molecule has 0 saturated heterocycles. The monoisotopic (exact) mass is 667 g/mol. The van der Waals surface area contributed by atoms with E-state index in [1.54, 1.807) is 0 Å². The number of fused-ring (bicyclic) bond motifs is 6. The van der Waals surface area contributed by atoms with E-state index in [1.165, 1.54) is 32.7 Å². The lowest BCUT2D eigenvalue weighted by Crippen LogP contribution is -2.46. The molecule has 1 N–H and O–H groups in total. The summed E-state index contributed by atoms with van der Waals surface area (Å²) in [6.07, 6.45) is 0. The Morgan fingerprint density at radius 2 is 1.10 bits per heavy atom. The van der Waals surface area contributed by atoms with Crippen molar-refractivity contribution >= 4 is 55.2 Å². The van der Waals surface area contributed by atoms with Crippen LogP contribution < -0.4 is 5.32 Å². The van der Waals surface area contributed by atoms with Gasteiger partial charge >= 0.3 is 0 Å². The molecule has 1 atom stereocenters. The highest BCUT2D eigenvalue weighted by molar-refractivity contribution is 6.22. The molecule has 8 aromatic carbocycles. The molecule has 4 nitrogen and oxygen atoms in total. The van der Waals surface area contributed by atoms with Crippen LogP contribution in [0.4, 0.5) is 0 Å². The highest BCUT2D eigenvalue weighted by Crippen LogP contribution is 2.37. The maximum absolute atomic E-state index is 6.45. The molecular weight excluding hydrogens is 635 g/mol. The molecule has 246 valence electrons. The minimum atomic E-state index is -0.726. The van der Waals surface area contributed by atoms with Crippen LogP contribution in [0.1, 0.15) is 23.6 Å². The summed E-state index contributed by atoms with van der Waals surface area (Å²) in [4.78, 5) is 10.3. The largest absolute Gasteiger partial charge is 0.456 e. The lowest BCUT2D eigenvalue weighted by molar-refractivity contribution is 0.455. The number of amidine groups is 2. The van der Waals surface area contributed by atoms with Gasteiger partial charge in [-0.05, 0) is 80.6 Å². The van der Waals surface area contributed by atoms with Crippen molar-refractivity contribution in [3.63, 3.8) is 0 Å². The molecule has 1 aliphatic rings. The third-order valence-electron chi connectivity index (χ3n) is 10.3. The van der Waals surface area contributed by atoms with E-state index in [0.717, 1.165) is 55.6 Å². The van der Waals surface area contributed by atoms with E-state index in [2.05, 4.69) is 140 Å². The molecule has 4 heteroatoms. The Bertz CT molecular complexity index is 2870. The molecular formula is C48H33N3O. The first-order valence-corrected chi connectivity index (χ1v) is 17.7. The smallest absolute Gasteiger partial charge is 0.159 e. The number of furan rings is 1. The van der Waals surface area contributed by atoms with Crippen LogP contribution in [0.5, 0.6) is 0 Å². The van der Waals surface area contributed by atoms with E-state index in [1.807, 2.05) is 48.5 Å². The molecule has 52 heavy (non-hydrogen) atoms. The summed E-state index contributed by atoms with van der Waals surface area (Å²) in [6, 6.07) is 61.8. The molecule has 10 rings (SSSR count). The standard InChI is InChI=1S/C48H33N3O/c1-48(38-14-6-3-7-15-38)50-46(35-12-4-2-5-13-35)49-47(51-48)40-17-10-18-44-45(40)42-30-37(27-28-43(42)52-44)32-21-19-31(20-22-32)36-26-25-34-24-23-33-11-8-9-16-39(33)41(34)29-36/h2-30H,1H3,(H,49,50,51). The molecule has 0 spiro atoms. The van der Waals surface area contributed by atoms with Crippen molar-refractivity contribution in [2.75, 3.05) is 0 Å². The van der Waals surface area contributed by atoms with Gasteiger partial charge in [0, 0.05) is 21.9 Å². The molecule has 2 heterocycles. The van der Waals surface area contributed by atoms with E-state index in [9.17, 15) is 0 Å². The van der Waals surface area contributed by atoms with Crippen molar-refractivity contribution in [2.24, 2.45) is 9.98 Å². The second-order valence-electron chi connectivity index (χ2n) is 13.6. The minimum absolute atomic E-state index is 0.686. The summed E-state index contributed by atoms with van der Waals surface area (Å²) < 4.78 is 6.45. The van der Waals surface area contributed by atoms with Crippen LogP contribution in [0, 0.1) is 0 Å². The zero-order chi connectivity index (χ0) is 34.6. The minimum Gasteiger partial charge on any atom is -0.456 e. The van der Waals surface area contributed by atoms with E-state index >= 15 is 0 Å². The SMILES string of the molecule is CC1(c2ccccc2)N=C(c2ccccc2)N=C(c2cccc3oc4ccc(-c5ccc(-c6ccc7ccc8ccccc8c7c6)cc5)cc4c23)N1. The number of hydrogen-bond donors (Lipinski definition) is 1. The van der Waals surface area contributed by atoms with Crippen LogP contribution >= 0.6 is 0 Å². The Kier molecular flexibility index (Phi) is 6.90. The summed E-state index contributed by atoms with van der Waals surface area (Å²) in [5, 5.41) is 10.8. The molecule has 1 aromatic heterocycles. The van der Waals surface area contributed by atoms with Gasteiger partial charge in [-0.25, -0.2) is 9.98 Å². The number of nitrogens with one attached hydrogen (secondary N) is 1. The molecule has 0 saturated carbocycles. The quantitative estimate of drug-likeness (QED) is 0.186. The van der Waals surface area contributed by atoms with E-state index in [0.29, 0.717) is 5.84 Å². The molecule has 0 fully saturated rings. The second-order valence-corrected chi connectivity index (χ2v) is 13.6. The van der Waals surface area contributed by atoms with Crippen LogP contribution in [0.15, 0.2) is 190 Å². The number of nitrogens with zero attached hydrogens (tertiary/aromatic N) is 2. The average Bonchev–Trinajstić information content (AvgIpc) is 3.59. The first kappa shape index (κ1) is 30.1. The van der Waals surface area contributed by atoms with Crippen molar-refractivity contribution < 1.29 is 4.42 Å². The van der Waals surface area contributed by atoms with Gasteiger partial charge < -0.3 is 9.73 Å². The summed E-state index contributed by atoms with van der Waals surface area (Å²) >= 11 is 0. The van der Waals surface area contributed by atoms with Gasteiger partial charge in [-0.3, -0.25) is 0 Å². The predicted molar refractivity (Wildman–Crippen MR) is 216 cm³/mol. The van der Waals surface area contributed by atoms with Gasteiger partial charge in [0.05, 0.1) is 0 Å². The van der Waals surface area contributed by atoms with Crippen molar-refractivity contribution in [3.8, 4) is 22.3 Å². The van der Waals surface area contributed by atoms with E-state index in [-0.39, 0.29) is 0 Å². The van der Waals surface area contributed by atoms with Gasteiger partial charge in [0.15, 0.2) is 11.5 Å². The highest BCUT2D eigenvalue weighted by atomic mass is 16.3. The van der Waals surface area contributed by atoms with Crippen molar-refractivity contribution in [2.45, 2.75) is 12.6 Å². The first-order chi connectivity index (χ1) is 25.6. The van der Waals surface area contributed by atoms with Crippen molar-refractivity contribution in [1.29, 1.82) is 0 Å². The molecule has 0 radical (unpaired) electrons. The normalized spacial score (nSPS) is 15.9. The van der Waals surface area contributed by atoms with E-state index < -0.39 is 5.66 Å². The summed E-state index contributed by atoms with van der Waals surface area (Å²) in [6.45, 7) is 2.11. The topological polar surface area (TPSA) is 49.9 Å². The zero-order valence-electron chi connectivity index (χ0n) is 28.5. The van der Waals surface area contributed by atoms with Crippen LogP contribution in [0.3, 0.4) is 0 Å².